The monoisotopic (exact) mass is 284 g/mol. The molecular weight excluding hydrogens is 275 g/mol. The maximum Gasteiger partial charge on any atom is 0.191 e. The van der Waals surface area contributed by atoms with E-state index in [4.69, 9.17) is 23.1 Å². The molecule has 0 aliphatic rings. The van der Waals surface area contributed by atoms with Gasteiger partial charge in [-0.25, -0.2) is 14.4 Å². The fourth-order valence-electron chi connectivity index (χ4n) is 1.30. The molecule has 4 N–H and O–H groups in total. The molecule has 2 aromatic rings. The summed E-state index contributed by atoms with van der Waals surface area (Å²) in [7, 11) is 0. The first-order valence-corrected chi connectivity index (χ1v) is 6.38. The van der Waals surface area contributed by atoms with E-state index in [0.717, 1.165) is 5.56 Å². The molecule has 7 heteroatoms. The number of hydrogen-bond acceptors (Lipinski definition) is 5. The van der Waals surface area contributed by atoms with Gasteiger partial charge in [-0.1, -0.05) is 29.4 Å². The highest BCUT2D eigenvalue weighted by Gasteiger charge is 2.05. The fourth-order valence-corrected chi connectivity index (χ4v) is 2.24. The first-order valence-electron chi connectivity index (χ1n) is 5.01. The van der Waals surface area contributed by atoms with Gasteiger partial charge in [-0.05, 0) is 17.7 Å². The second kappa shape index (κ2) is 5.41. The van der Waals surface area contributed by atoms with E-state index in [-0.39, 0.29) is 5.02 Å². The normalized spacial score (nSPS) is 10.6. The second-order valence-corrected chi connectivity index (χ2v) is 4.89. The molecule has 0 bridgehead atoms. The van der Waals surface area contributed by atoms with Gasteiger partial charge in [-0.15, -0.1) is 0 Å². The molecular formula is C11H10ClFN4S. The van der Waals surface area contributed by atoms with E-state index < -0.39 is 5.82 Å². The lowest BCUT2D eigenvalue weighted by atomic mass is 10.2. The van der Waals surface area contributed by atoms with E-state index >= 15 is 0 Å². The van der Waals surface area contributed by atoms with Crippen molar-refractivity contribution < 1.29 is 4.39 Å². The lowest BCUT2D eigenvalue weighted by Crippen LogP contribution is -1.99. The number of nitrogens with two attached hydrogens (primary N) is 2. The van der Waals surface area contributed by atoms with Crippen LogP contribution in [0.15, 0.2) is 29.4 Å². The number of benzene rings is 1. The molecule has 0 saturated carbocycles. The molecule has 0 fully saturated rings. The van der Waals surface area contributed by atoms with Crippen LogP contribution in [0.5, 0.6) is 0 Å². The largest absolute Gasteiger partial charge is 0.383 e. The SMILES string of the molecule is Nc1cc(N)nc(SCc2ccc(Cl)c(F)c2)n1. The molecule has 1 aromatic carbocycles. The molecule has 1 heterocycles. The Hall–Kier alpha value is -1.53. The Morgan fingerprint density at radius 2 is 1.83 bits per heavy atom. The first kappa shape index (κ1) is 12.9. The zero-order valence-corrected chi connectivity index (χ0v) is 10.8. The van der Waals surface area contributed by atoms with Crippen molar-refractivity contribution in [3.8, 4) is 0 Å². The zero-order valence-electron chi connectivity index (χ0n) is 9.23. The van der Waals surface area contributed by atoms with Crippen LogP contribution in [0, 0.1) is 5.82 Å². The van der Waals surface area contributed by atoms with Crippen LogP contribution in [-0.2, 0) is 5.75 Å². The molecule has 2 rings (SSSR count). The first-order chi connectivity index (χ1) is 8.54. The third kappa shape index (κ3) is 3.24. The summed E-state index contributed by atoms with van der Waals surface area (Å²) in [6, 6.07) is 6.12. The summed E-state index contributed by atoms with van der Waals surface area (Å²) in [6.07, 6.45) is 0. The predicted molar refractivity (Wildman–Crippen MR) is 71.8 cm³/mol. The van der Waals surface area contributed by atoms with Crippen LogP contribution in [0.3, 0.4) is 0 Å². The molecule has 4 nitrogen and oxygen atoms in total. The molecule has 18 heavy (non-hydrogen) atoms. The van der Waals surface area contributed by atoms with E-state index in [9.17, 15) is 4.39 Å². The van der Waals surface area contributed by atoms with Crippen LogP contribution in [0.1, 0.15) is 5.56 Å². The number of aromatic nitrogens is 2. The third-order valence-corrected chi connectivity index (χ3v) is 3.32. The van der Waals surface area contributed by atoms with E-state index in [1.54, 1.807) is 6.07 Å². The van der Waals surface area contributed by atoms with Gasteiger partial charge in [0.25, 0.3) is 0 Å². The minimum absolute atomic E-state index is 0.105. The standard InChI is InChI=1S/C11H10ClFN4S/c12-7-2-1-6(3-8(7)13)5-18-11-16-9(14)4-10(15)17-11/h1-4H,5H2,(H4,14,15,16,17). The number of anilines is 2. The lowest BCUT2D eigenvalue weighted by Gasteiger charge is -2.03. The van der Waals surface area contributed by atoms with Gasteiger partial charge in [0.2, 0.25) is 0 Å². The topological polar surface area (TPSA) is 77.8 Å². The summed E-state index contributed by atoms with van der Waals surface area (Å²) in [5, 5.41) is 0.566. The summed E-state index contributed by atoms with van der Waals surface area (Å²) in [5.41, 5.74) is 11.9. The highest BCUT2D eigenvalue weighted by atomic mass is 35.5. The van der Waals surface area contributed by atoms with Crippen molar-refractivity contribution in [2.45, 2.75) is 10.9 Å². The molecule has 1 aromatic heterocycles. The van der Waals surface area contributed by atoms with Crippen molar-refractivity contribution in [3.05, 3.63) is 40.7 Å². The van der Waals surface area contributed by atoms with Crippen molar-refractivity contribution in [1.82, 2.24) is 9.97 Å². The Balaban J connectivity index is 2.08. The van der Waals surface area contributed by atoms with Crippen LogP contribution >= 0.6 is 23.4 Å². The molecule has 0 unspecified atom stereocenters. The minimum Gasteiger partial charge on any atom is -0.383 e. The van der Waals surface area contributed by atoms with E-state index in [0.29, 0.717) is 22.5 Å². The number of thioether (sulfide) groups is 1. The van der Waals surface area contributed by atoms with Gasteiger partial charge in [0.15, 0.2) is 5.16 Å². The summed E-state index contributed by atoms with van der Waals surface area (Å²) < 4.78 is 13.2. The van der Waals surface area contributed by atoms with E-state index in [1.165, 1.54) is 30.0 Å². The number of nitrogens with zero attached hydrogens (tertiary/aromatic N) is 2. The molecule has 0 aliphatic heterocycles. The van der Waals surface area contributed by atoms with E-state index in [2.05, 4.69) is 9.97 Å². The Morgan fingerprint density at radius 3 is 2.44 bits per heavy atom. The smallest absolute Gasteiger partial charge is 0.191 e. The molecule has 0 radical (unpaired) electrons. The lowest BCUT2D eigenvalue weighted by molar-refractivity contribution is 0.627. The van der Waals surface area contributed by atoms with Crippen molar-refractivity contribution >= 4 is 35.0 Å². The van der Waals surface area contributed by atoms with Crippen LogP contribution in [0.4, 0.5) is 16.0 Å². The van der Waals surface area contributed by atoms with Gasteiger partial charge in [0.05, 0.1) is 5.02 Å². The van der Waals surface area contributed by atoms with Gasteiger partial charge in [0.1, 0.15) is 17.5 Å². The highest BCUT2D eigenvalue weighted by Crippen LogP contribution is 2.23. The van der Waals surface area contributed by atoms with Crippen molar-refractivity contribution in [1.29, 1.82) is 0 Å². The third-order valence-electron chi connectivity index (χ3n) is 2.10. The molecule has 0 spiro atoms. The van der Waals surface area contributed by atoms with Gasteiger partial charge >= 0.3 is 0 Å². The Bertz CT molecular complexity index is 559. The number of rotatable bonds is 3. The highest BCUT2D eigenvalue weighted by molar-refractivity contribution is 7.98. The summed E-state index contributed by atoms with van der Waals surface area (Å²) in [4.78, 5) is 8.04. The van der Waals surface area contributed by atoms with Gasteiger partial charge in [-0.3, -0.25) is 0 Å². The maximum atomic E-state index is 13.2. The van der Waals surface area contributed by atoms with Crippen LogP contribution < -0.4 is 11.5 Å². The van der Waals surface area contributed by atoms with Gasteiger partial charge < -0.3 is 11.5 Å². The molecule has 0 aliphatic carbocycles. The Kier molecular flexibility index (Phi) is 3.88. The summed E-state index contributed by atoms with van der Waals surface area (Å²) in [6.45, 7) is 0. The second-order valence-electron chi connectivity index (χ2n) is 3.54. The van der Waals surface area contributed by atoms with Crippen molar-refractivity contribution in [2.75, 3.05) is 11.5 Å². The minimum atomic E-state index is -0.442. The Labute approximate surface area is 113 Å². The van der Waals surface area contributed by atoms with Gasteiger partial charge in [0, 0.05) is 11.8 Å². The summed E-state index contributed by atoms with van der Waals surface area (Å²) >= 11 is 6.92. The maximum absolute atomic E-state index is 13.2. The molecule has 0 amide bonds. The summed E-state index contributed by atoms with van der Waals surface area (Å²) in [5.74, 6) is 0.694. The van der Waals surface area contributed by atoms with Crippen LogP contribution in [0.2, 0.25) is 5.02 Å². The number of hydrogen-bond donors (Lipinski definition) is 2. The van der Waals surface area contributed by atoms with Crippen molar-refractivity contribution in [3.63, 3.8) is 0 Å². The number of halogens is 2. The zero-order chi connectivity index (χ0) is 13.1. The molecule has 0 saturated heterocycles. The van der Waals surface area contributed by atoms with Crippen LogP contribution in [0.25, 0.3) is 0 Å². The average Bonchev–Trinajstić information content (AvgIpc) is 2.29. The quantitative estimate of drug-likeness (QED) is 0.669. The molecule has 0 atom stereocenters. The van der Waals surface area contributed by atoms with Crippen LogP contribution in [-0.4, -0.2) is 9.97 Å². The predicted octanol–water partition coefficient (Wildman–Crippen LogP) is 2.73. The Morgan fingerprint density at radius 1 is 1.17 bits per heavy atom. The van der Waals surface area contributed by atoms with E-state index in [1.807, 2.05) is 0 Å². The number of nitrogen functional groups attached to an aromatic ring is 2. The average molecular weight is 285 g/mol. The van der Waals surface area contributed by atoms with Crippen molar-refractivity contribution in [2.24, 2.45) is 0 Å². The molecule has 94 valence electrons. The van der Waals surface area contributed by atoms with Gasteiger partial charge in [-0.2, -0.15) is 0 Å². The fraction of sp³-hybridized carbons (Fsp3) is 0.0909.